The number of nitrogens with zero attached hydrogens (tertiary/aromatic N) is 1. The molecule has 5 heteroatoms. The summed E-state index contributed by atoms with van der Waals surface area (Å²) in [5.74, 6) is 0.583. The minimum atomic E-state index is -0.496. The van der Waals surface area contributed by atoms with Crippen molar-refractivity contribution in [1.29, 1.82) is 5.26 Å². The summed E-state index contributed by atoms with van der Waals surface area (Å²) >= 11 is 6.11. The van der Waals surface area contributed by atoms with E-state index in [0.717, 1.165) is 25.7 Å². The third-order valence-corrected chi connectivity index (χ3v) is 4.76. The second kappa shape index (κ2) is 6.46. The molecule has 0 heterocycles. The van der Waals surface area contributed by atoms with E-state index in [1.54, 1.807) is 18.2 Å². The van der Waals surface area contributed by atoms with E-state index in [1.807, 2.05) is 6.07 Å². The molecule has 1 aliphatic carbocycles. The Morgan fingerprint density at radius 1 is 1.52 bits per heavy atom. The zero-order valence-electron chi connectivity index (χ0n) is 12.2. The number of rotatable bonds is 3. The number of halogens is 1. The molecule has 0 aromatic heterocycles. The molecule has 21 heavy (non-hydrogen) atoms. The predicted octanol–water partition coefficient (Wildman–Crippen LogP) is 3.31. The summed E-state index contributed by atoms with van der Waals surface area (Å²) in [5.41, 5.74) is 6.39. The van der Waals surface area contributed by atoms with Gasteiger partial charge in [0, 0.05) is 6.54 Å². The fraction of sp³-hybridized carbons (Fsp3) is 0.500. The number of nitrogens with one attached hydrogen (secondary N) is 1. The normalized spacial score (nSPS) is 25.1. The molecule has 1 amide bonds. The van der Waals surface area contributed by atoms with Gasteiger partial charge in [-0.15, -0.1) is 0 Å². The average Bonchev–Trinajstić information content (AvgIpc) is 2.50. The number of anilines is 1. The van der Waals surface area contributed by atoms with Crippen LogP contribution in [0.3, 0.4) is 0 Å². The molecule has 0 aliphatic heterocycles. The minimum absolute atomic E-state index is 0.0662. The molecule has 0 bridgehead atoms. The minimum Gasteiger partial charge on any atom is -0.329 e. The van der Waals surface area contributed by atoms with Gasteiger partial charge < -0.3 is 11.1 Å². The maximum atomic E-state index is 12.6. The summed E-state index contributed by atoms with van der Waals surface area (Å²) in [6.07, 6.45) is 3.66. The van der Waals surface area contributed by atoms with Crippen LogP contribution in [0.25, 0.3) is 0 Å². The molecule has 0 radical (unpaired) electrons. The van der Waals surface area contributed by atoms with E-state index in [2.05, 4.69) is 12.2 Å². The Morgan fingerprint density at radius 3 is 2.71 bits per heavy atom. The van der Waals surface area contributed by atoms with Crippen molar-refractivity contribution in [2.75, 3.05) is 11.9 Å². The van der Waals surface area contributed by atoms with Crippen molar-refractivity contribution >= 4 is 23.2 Å². The third-order valence-electron chi connectivity index (χ3n) is 4.45. The zero-order chi connectivity index (χ0) is 15.5. The van der Waals surface area contributed by atoms with E-state index in [-0.39, 0.29) is 5.91 Å². The highest BCUT2D eigenvalue weighted by molar-refractivity contribution is 6.33. The second-order valence-electron chi connectivity index (χ2n) is 5.93. The predicted molar refractivity (Wildman–Crippen MR) is 83.9 cm³/mol. The molecule has 0 spiro atoms. The monoisotopic (exact) mass is 305 g/mol. The topological polar surface area (TPSA) is 78.9 Å². The molecule has 1 aliphatic rings. The smallest absolute Gasteiger partial charge is 0.231 e. The van der Waals surface area contributed by atoms with Crippen molar-refractivity contribution in [3.8, 4) is 6.07 Å². The van der Waals surface area contributed by atoms with Crippen molar-refractivity contribution in [2.24, 2.45) is 17.1 Å². The summed E-state index contributed by atoms with van der Waals surface area (Å²) in [6, 6.07) is 6.87. The summed E-state index contributed by atoms with van der Waals surface area (Å²) in [7, 11) is 0. The molecule has 4 nitrogen and oxygen atoms in total. The molecule has 1 aromatic rings. The number of amides is 1. The fourth-order valence-corrected chi connectivity index (χ4v) is 3.01. The number of carbonyl (C=O) groups is 1. The van der Waals surface area contributed by atoms with Crippen LogP contribution < -0.4 is 11.1 Å². The Kier molecular flexibility index (Phi) is 4.87. The highest BCUT2D eigenvalue weighted by Crippen LogP contribution is 2.39. The van der Waals surface area contributed by atoms with E-state index in [4.69, 9.17) is 22.6 Å². The van der Waals surface area contributed by atoms with Crippen molar-refractivity contribution in [3.63, 3.8) is 0 Å². The molecular formula is C16H20ClN3O. The Bertz CT molecular complexity index is 571. The van der Waals surface area contributed by atoms with Crippen molar-refractivity contribution in [1.82, 2.24) is 0 Å². The Balaban J connectivity index is 2.15. The van der Waals surface area contributed by atoms with Gasteiger partial charge in [-0.25, -0.2) is 0 Å². The van der Waals surface area contributed by atoms with Gasteiger partial charge in [0.05, 0.1) is 27.8 Å². The highest BCUT2D eigenvalue weighted by atomic mass is 35.5. The van der Waals surface area contributed by atoms with Gasteiger partial charge in [0.2, 0.25) is 5.91 Å². The SMILES string of the molecule is CC1CCC(CN)(C(=O)Nc2ccc(C#N)cc2Cl)CC1. The summed E-state index contributed by atoms with van der Waals surface area (Å²) in [6.45, 7) is 2.55. The van der Waals surface area contributed by atoms with Gasteiger partial charge in [-0.1, -0.05) is 18.5 Å². The third kappa shape index (κ3) is 3.37. The molecule has 0 unspecified atom stereocenters. The van der Waals surface area contributed by atoms with Crippen LogP contribution in [0.4, 0.5) is 5.69 Å². The van der Waals surface area contributed by atoms with Crippen LogP contribution >= 0.6 is 11.6 Å². The van der Waals surface area contributed by atoms with E-state index in [9.17, 15) is 4.79 Å². The summed E-state index contributed by atoms with van der Waals surface area (Å²) in [4.78, 5) is 12.6. The van der Waals surface area contributed by atoms with Crippen LogP contribution in [-0.4, -0.2) is 12.5 Å². The van der Waals surface area contributed by atoms with Gasteiger partial charge >= 0.3 is 0 Å². The number of hydrogen-bond acceptors (Lipinski definition) is 3. The number of benzene rings is 1. The fourth-order valence-electron chi connectivity index (χ4n) is 2.78. The average molecular weight is 306 g/mol. The van der Waals surface area contributed by atoms with Crippen molar-refractivity contribution in [2.45, 2.75) is 32.6 Å². The quantitative estimate of drug-likeness (QED) is 0.899. The van der Waals surface area contributed by atoms with Gasteiger partial charge in [-0.2, -0.15) is 5.26 Å². The zero-order valence-corrected chi connectivity index (χ0v) is 12.9. The molecule has 1 aromatic carbocycles. The number of nitrogens with two attached hydrogens (primary N) is 1. The maximum absolute atomic E-state index is 12.6. The van der Waals surface area contributed by atoms with Crippen molar-refractivity contribution in [3.05, 3.63) is 28.8 Å². The Labute approximate surface area is 130 Å². The standard InChI is InChI=1S/C16H20ClN3O/c1-11-4-6-16(10-19,7-5-11)15(21)20-14-3-2-12(9-18)8-13(14)17/h2-3,8,11H,4-7,10,19H2,1H3,(H,20,21). The van der Waals surface area contributed by atoms with Gasteiger partial charge in [0.1, 0.15) is 0 Å². The van der Waals surface area contributed by atoms with Crippen LogP contribution in [0.15, 0.2) is 18.2 Å². The number of carbonyl (C=O) groups excluding carboxylic acids is 1. The first-order valence-electron chi connectivity index (χ1n) is 7.22. The van der Waals surface area contributed by atoms with Gasteiger partial charge in [-0.05, 0) is 49.8 Å². The van der Waals surface area contributed by atoms with E-state index in [0.29, 0.717) is 28.7 Å². The Hall–Kier alpha value is -1.57. The summed E-state index contributed by atoms with van der Waals surface area (Å²) < 4.78 is 0. The van der Waals surface area contributed by atoms with E-state index < -0.39 is 5.41 Å². The first kappa shape index (κ1) is 15.8. The van der Waals surface area contributed by atoms with Crippen LogP contribution in [0, 0.1) is 22.7 Å². The molecule has 0 atom stereocenters. The molecule has 1 saturated carbocycles. The Morgan fingerprint density at radius 2 is 2.19 bits per heavy atom. The maximum Gasteiger partial charge on any atom is 0.231 e. The largest absolute Gasteiger partial charge is 0.329 e. The lowest BCUT2D eigenvalue weighted by atomic mass is 9.70. The second-order valence-corrected chi connectivity index (χ2v) is 6.33. The van der Waals surface area contributed by atoms with Crippen LogP contribution in [0.1, 0.15) is 38.2 Å². The molecule has 3 N–H and O–H groups in total. The van der Waals surface area contributed by atoms with E-state index in [1.165, 1.54) is 0 Å². The van der Waals surface area contributed by atoms with Gasteiger partial charge in [-0.3, -0.25) is 4.79 Å². The lowest BCUT2D eigenvalue weighted by Crippen LogP contribution is -2.44. The molecule has 1 fully saturated rings. The molecule has 112 valence electrons. The molecule has 2 rings (SSSR count). The first-order valence-corrected chi connectivity index (χ1v) is 7.60. The first-order chi connectivity index (χ1) is 10.0. The van der Waals surface area contributed by atoms with Crippen molar-refractivity contribution < 1.29 is 4.79 Å². The molecule has 0 saturated heterocycles. The van der Waals surface area contributed by atoms with Crippen LogP contribution in [0.2, 0.25) is 5.02 Å². The van der Waals surface area contributed by atoms with Crippen LogP contribution in [-0.2, 0) is 4.79 Å². The van der Waals surface area contributed by atoms with Crippen LogP contribution in [0.5, 0.6) is 0 Å². The number of hydrogen-bond donors (Lipinski definition) is 2. The lowest BCUT2D eigenvalue weighted by molar-refractivity contribution is -0.127. The van der Waals surface area contributed by atoms with E-state index >= 15 is 0 Å². The molecular weight excluding hydrogens is 286 g/mol. The lowest BCUT2D eigenvalue weighted by Gasteiger charge is -2.37. The summed E-state index contributed by atoms with van der Waals surface area (Å²) in [5, 5.41) is 12.1. The van der Waals surface area contributed by atoms with Gasteiger partial charge in [0.25, 0.3) is 0 Å². The number of nitriles is 1. The highest BCUT2D eigenvalue weighted by Gasteiger charge is 2.39. The van der Waals surface area contributed by atoms with Gasteiger partial charge in [0.15, 0.2) is 0 Å².